The molecular weight excluding hydrogens is 412 g/mol. The predicted molar refractivity (Wildman–Crippen MR) is 120 cm³/mol. The van der Waals surface area contributed by atoms with Gasteiger partial charge in [-0.05, 0) is 37.5 Å². The van der Waals surface area contributed by atoms with Crippen LogP contribution in [0.15, 0.2) is 58.1 Å². The predicted octanol–water partition coefficient (Wildman–Crippen LogP) is 4.72. The van der Waals surface area contributed by atoms with E-state index in [0.29, 0.717) is 24.4 Å². The van der Waals surface area contributed by atoms with E-state index in [9.17, 15) is 10.1 Å². The Balaban J connectivity index is 1.87. The summed E-state index contributed by atoms with van der Waals surface area (Å²) < 4.78 is 14.4. The third-order valence-corrected chi connectivity index (χ3v) is 6.77. The molecule has 0 aliphatic carbocycles. The number of aryl methyl sites for hydroxylation is 3. The summed E-state index contributed by atoms with van der Waals surface area (Å²) in [7, 11) is 1.64. The summed E-state index contributed by atoms with van der Waals surface area (Å²) in [6, 6.07) is 9.41. The molecule has 0 fully saturated rings. The molecule has 158 valence electrons. The molecule has 0 radical (unpaired) electrons. The molecule has 1 atom stereocenters. The van der Waals surface area contributed by atoms with Crippen molar-refractivity contribution in [1.29, 1.82) is 5.26 Å². The first-order valence-electron chi connectivity index (χ1n) is 9.82. The second-order valence-corrected chi connectivity index (χ2v) is 8.23. The van der Waals surface area contributed by atoms with Crippen molar-refractivity contribution in [2.45, 2.75) is 32.9 Å². The van der Waals surface area contributed by atoms with Crippen LogP contribution in [0.4, 0.5) is 0 Å². The maximum absolute atomic E-state index is 13.4. The van der Waals surface area contributed by atoms with Crippen LogP contribution < -0.4 is 10.4 Å². The molecule has 0 unspecified atom stereocenters. The van der Waals surface area contributed by atoms with E-state index in [1.165, 1.54) is 17.6 Å². The van der Waals surface area contributed by atoms with Crippen LogP contribution in [0.2, 0.25) is 0 Å². The third kappa shape index (κ3) is 3.47. The number of thiophene rings is 1. The average Bonchev–Trinajstić information content (AvgIpc) is 3.48. The van der Waals surface area contributed by atoms with Crippen LogP contribution in [-0.2, 0) is 13.0 Å². The molecule has 0 aliphatic heterocycles. The first-order valence-corrected chi connectivity index (χ1v) is 10.6. The second-order valence-electron chi connectivity index (χ2n) is 7.23. The highest BCUT2D eigenvalue weighted by Crippen LogP contribution is 2.38. The molecule has 0 aliphatic rings. The minimum atomic E-state index is -0.460. The Bertz CT molecular complexity index is 1350. The quantitative estimate of drug-likeness (QED) is 0.393. The van der Waals surface area contributed by atoms with Crippen molar-refractivity contribution in [3.8, 4) is 22.6 Å². The van der Waals surface area contributed by atoms with Gasteiger partial charge in [-0.25, -0.2) is 9.78 Å². The zero-order chi connectivity index (χ0) is 22.1. The molecule has 0 N–H and O–H groups in total. The highest BCUT2D eigenvalue weighted by molar-refractivity contribution is 7.22. The lowest BCUT2D eigenvalue weighted by molar-refractivity contribution is 0.408. The van der Waals surface area contributed by atoms with Crippen LogP contribution >= 0.6 is 11.3 Å². The Labute approximate surface area is 183 Å². The lowest BCUT2D eigenvalue weighted by Crippen LogP contribution is -2.28. The molecule has 8 heteroatoms. The Morgan fingerprint density at radius 1 is 1.42 bits per heavy atom. The number of benzene rings is 1. The summed E-state index contributed by atoms with van der Waals surface area (Å²) in [5, 5.41) is 9.36. The van der Waals surface area contributed by atoms with Crippen LogP contribution in [-0.4, -0.2) is 21.2 Å². The summed E-state index contributed by atoms with van der Waals surface area (Å²) >= 11 is 1.47. The molecule has 1 aromatic carbocycles. The van der Waals surface area contributed by atoms with Crippen molar-refractivity contribution in [2.24, 2.45) is 0 Å². The van der Waals surface area contributed by atoms with E-state index in [2.05, 4.69) is 17.6 Å². The van der Waals surface area contributed by atoms with Crippen molar-refractivity contribution in [3.63, 3.8) is 0 Å². The van der Waals surface area contributed by atoms with Gasteiger partial charge >= 0.3 is 5.69 Å². The van der Waals surface area contributed by atoms with Gasteiger partial charge in [-0.3, -0.25) is 9.13 Å². The van der Waals surface area contributed by atoms with Gasteiger partial charge in [-0.1, -0.05) is 24.8 Å². The summed E-state index contributed by atoms with van der Waals surface area (Å²) in [5.74, 6) is 1.31. The van der Waals surface area contributed by atoms with Gasteiger partial charge in [0.25, 0.3) is 0 Å². The van der Waals surface area contributed by atoms with E-state index in [0.717, 1.165) is 32.1 Å². The molecule has 0 saturated carbocycles. The molecule has 3 heterocycles. The Hall–Kier alpha value is -3.57. The normalized spacial score (nSPS) is 12.1. The number of rotatable bonds is 7. The number of hydrogen-bond acceptors (Lipinski definition) is 6. The number of nitriles is 1. The fourth-order valence-electron chi connectivity index (χ4n) is 3.76. The number of hydrogen-bond donors (Lipinski definition) is 0. The number of methoxy groups -OCH3 is 1. The third-order valence-electron chi connectivity index (χ3n) is 5.48. The number of allylic oxidation sites excluding steroid dienone is 1. The number of aromatic nitrogens is 3. The Morgan fingerprint density at radius 3 is 2.87 bits per heavy atom. The fraction of sp³-hybridized carbons (Fsp3) is 0.261. The zero-order valence-electron chi connectivity index (χ0n) is 17.6. The molecular formula is C23H22N4O3S. The first kappa shape index (κ1) is 20.7. The average molecular weight is 435 g/mol. The number of imidazole rings is 1. The van der Waals surface area contributed by atoms with Gasteiger partial charge in [0.05, 0.1) is 35.8 Å². The van der Waals surface area contributed by atoms with Gasteiger partial charge in [0.2, 0.25) is 5.89 Å². The minimum absolute atomic E-state index is 0.165. The van der Waals surface area contributed by atoms with E-state index in [-0.39, 0.29) is 5.69 Å². The van der Waals surface area contributed by atoms with Gasteiger partial charge in [-0.2, -0.15) is 5.26 Å². The number of para-hydroxylation sites is 1. The largest absolute Gasteiger partial charge is 0.496 e. The monoisotopic (exact) mass is 434 g/mol. The van der Waals surface area contributed by atoms with Gasteiger partial charge in [0, 0.05) is 12.1 Å². The van der Waals surface area contributed by atoms with Crippen LogP contribution in [0, 0.1) is 18.3 Å². The van der Waals surface area contributed by atoms with Crippen LogP contribution in [0.3, 0.4) is 0 Å². The smallest absolute Gasteiger partial charge is 0.330 e. The summed E-state index contributed by atoms with van der Waals surface area (Å²) in [6.07, 6.45) is 3.76. The highest BCUT2D eigenvalue weighted by atomic mass is 32.1. The van der Waals surface area contributed by atoms with Gasteiger partial charge in [0.15, 0.2) is 0 Å². The van der Waals surface area contributed by atoms with Crippen molar-refractivity contribution >= 4 is 21.7 Å². The number of nitrogens with zero attached hydrogens (tertiary/aromatic N) is 4. The number of fused-ring (bicyclic) bond motifs is 1. The van der Waals surface area contributed by atoms with E-state index in [1.807, 2.05) is 38.1 Å². The van der Waals surface area contributed by atoms with Gasteiger partial charge < -0.3 is 9.15 Å². The topological polar surface area (TPSA) is 86.0 Å². The molecule has 3 aromatic heterocycles. The minimum Gasteiger partial charge on any atom is -0.496 e. The molecule has 4 aromatic rings. The number of ether oxygens (including phenoxy) is 1. The maximum Gasteiger partial charge on any atom is 0.330 e. The standard InChI is InChI=1S/C23H22N4O3S/c1-14(13-24)16(3)27-19-15(2)20(21-25-10-12-30-21)31-22(19)26(23(27)28)11-9-17-7-5-6-8-18(17)29-4/h5-8,10,12,16H,1,9,11H2,2-4H3/t16-/m0/s1. The van der Waals surface area contributed by atoms with Crippen molar-refractivity contribution in [1.82, 2.24) is 14.1 Å². The molecule has 0 bridgehead atoms. The van der Waals surface area contributed by atoms with E-state index < -0.39 is 6.04 Å². The lowest BCUT2D eigenvalue weighted by Gasteiger charge is -2.12. The van der Waals surface area contributed by atoms with Crippen molar-refractivity contribution in [2.75, 3.05) is 7.11 Å². The van der Waals surface area contributed by atoms with Crippen LogP contribution in [0.5, 0.6) is 5.75 Å². The van der Waals surface area contributed by atoms with E-state index in [1.54, 1.807) is 22.4 Å². The highest BCUT2D eigenvalue weighted by Gasteiger charge is 2.26. The Morgan fingerprint density at radius 2 is 2.19 bits per heavy atom. The number of oxazole rings is 1. The molecule has 4 rings (SSSR count). The summed E-state index contributed by atoms with van der Waals surface area (Å²) in [6.45, 7) is 8.07. The van der Waals surface area contributed by atoms with E-state index in [4.69, 9.17) is 9.15 Å². The van der Waals surface area contributed by atoms with Gasteiger partial charge in [0.1, 0.15) is 16.8 Å². The SMILES string of the molecule is C=C(C#N)[C@H](C)n1c(=O)n(CCc2ccccc2OC)c2sc(-c3ncco3)c(C)c21. The Kier molecular flexibility index (Phi) is 5.53. The molecule has 7 nitrogen and oxygen atoms in total. The fourth-order valence-corrected chi connectivity index (χ4v) is 5.01. The first-order chi connectivity index (χ1) is 15.0. The summed E-state index contributed by atoms with van der Waals surface area (Å²) in [4.78, 5) is 19.4. The molecule has 31 heavy (non-hydrogen) atoms. The second kappa shape index (κ2) is 8.28. The van der Waals surface area contributed by atoms with E-state index >= 15 is 0 Å². The van der Waals surface area contributed by atoms with Crippen LogP contribution in [0.25, 0.3) is 21.1 Å². The summed E-state index contributed by atoms with van der Waals surface area (Å²) in [5.41, 5.74) is 2.87. The van der Waals surface area contributed by atoms with Crippen molar-refractivity contribution < 1.29 is 9.15 Å². The van der Waals surface area contributed by atoms with Crippen molar-refractivity contribution in [3.05, 3.63) is 70.5 Å². The molecule has 0 amide bonds. The molecule has 0 spiro atoms. The molecule has 0 saturated heterocycles. The zero-order valence-corrected chi connectivity index (χ0v) is 18.4. The van der Waals surface area contributed by atoms with Crippen LogP contribution in [0.1, 0.15) is 24.1 Å². The van der Waals surface area contributed by atoms with Gasteiger partial charge in [-0.15, -0.1) is 11.3 Å². The lowest BCUT2D eigenvalue weighted by atomic mass is 10.1. The maximum atomic E-state index is 13.4.